The fraction of sp³-hybridized carbons (Fsp3) is 0.333. The molecule has 1 aromatic rings. The van der Waals surface area contributed by atoms with Crippen molar-refractivity contribution in [2.75, 3.05) is 6.54 Å². The highest BCUT2D eigenvalue weighted by molar-refractivity contribution is 7.58. The Balaban J connectivity index is 2.07. The van der Waals surface area contributed by atoms with E-state index in [0.29, 0.717) is 0 Å². The number of carboxylic acid groups (broad SMARTS) is 1. The molecule has 2 unspecified atom stereocenters. The number of amides is 1. The molecule has 0 spiro atoms. The van der Waals surface area contributed by atoms with Gasteiger partial charge in [-0.25, -0.2) is 9.59 Å². The SMILES string of the molecule is O=C(NC1CC=CC[N+](=S(=O)=O)C1C(=O)O)OCc1ccccc1. The van der Waals surface area contributed by atoms with E-state index >= 15 is 0 Å². The molecule has 1 aliphatic rings. The van der Waals surface area contributed by atoms with Crippen molar-refractivity contribution >= 4 is 22.6 Å². The van der Waals surface area contributed by atoms with Crippen LogP contribution in [0.25, 0.3) is 0 Å². The zero-order chi connectivity index (χ0) is 17.5. The summed E-state index contributed by atoms with van der Waals surface area (Å²) in [7, 11) is -2.72. The van der Waals surface area contributed by atoms with Gasteiger partial charge in [-0.2, -0.15) is 0 Å². The molecule has 8 nitrogen and oxygen atoms in total. The Hall–Kier alpha value is -2.68. The maximum atomic E-state index is 11.9. The lowest BCUT2D eigenvalue weighted by Gasteiger charge is -2.18. The zero-order valence-electron chi connectivity index (χ0n) is 12.7. The highest BCUT2D eigenvalue weighted by Gasteiger charge is 2.41. The summed E-state index contributed by atoms with van der Waals surface area (Å²) in [6.07, 6.45) is 2.56. The maximum absolute atomic E-state index is 11.9. The Kier molecular flexibility index (Phi) is 6.07. The lowest BCUT2D eigenvalue weighted by molar-refractivity contribution is -0.524. The number of ether oxygens (including phenoxy) is 1. The van der Waals surface area contributed by atoms with Gasteiger partial charge in [-0.15, -0.1) is 8.42 Å². The lowest BCUT2D eigenvalue weighted by atomic mass is 10.1. The summed E-state index contributed by atoms with van der Waals surface area (Å²) >= 11 is 0. The Labute approximate surface area is 140 Å². The summed E-state index contributed by atoms with van der Waals surface area (Å²) in [5.41, 5.74) is 0.783. The number of carbonyl (C=O) groups is 2. The number of carbonyl (C=O) groups excluding carboxylic acids is 1. The van der Waals surface area contributed by atoms with Gasteiger partial charge in [0.15, 0.2) is 6.54 Å². The van der Waals surface area contributed by atoms with Gasteiger partial charge in [0.05, 0.1) is 0 Å². The monoisotopic (exact) mass is 353 g/mol. The molecule has 2 atom stereocenters. The van der Waals surface area contributed by atoms with Crippen LogP contribution in [-0.2, 0) is 26.6 Å². The molecule has 24 heavy (non-hydrogen) atoms. The summed E-state index contributed by atoms with van der Waals surface area (Å²) in [4.78, 5) is 23.4. The summed E-state index contributed by atoms with van der Waals surface area (Å²) in [5.74, 6) is -1.34. The van der Waals surface area contributed by atoms with E-state index in [1.54, 1.807) is 36.4 Å². The van der Waals surface area contributed by atoms with Gasteiger partial charge in [-0.3, -0.25) is 0 Å². The van der Waals surface area contributed by atoms with Gasteiger partial charge in [0.1, 0.15) is 12.6 Å². The van der Waals surface area contributed by atoms with Crippen LogP contribution >= 0.6 is 0 Å². The topological polar surface area (TPSA) is 113 Å². The number of nitrogens with one attached hydrogen (secondary N) is 1. The van der Waals surface area contributed by atoms with Gasteiger partial charge in [-0.1, -0.05) is 40.4 Å². The highest BCUT2D eigenvalue weighted by Crippen LogP contribution is 2.11. The zero-order valence-corrected chi connectivity index (χ0v) is 13.5. The first-order valence-corrected chi connectivity index (χ1v) is 8.23. The van der Waals surface area contributed by atoms with E-state index < -0.39 is 34.6 Å². The Morgan fingerprint density at radius 2 is 1.96 bits per heavy atom. The van der Waals surface area contributed by atoms with Crippen LogP contribution in [0.4, 0.5) is 4.79 Å². The normalized spacial score (nSPS) is 20.1. The van der Waals surface area contributed by atoms with Crippen LogP contribution in [0.5, 0.6) is 0 Å². The van der Waals surface area contributed by atoms with E-state index in [0.717, 1.165) is 9.51 Å². The van der Waals surface area contributed by atoms with Crippen molar-refractivity contribution in [2.45, 2.75) is 25.1 Å². The van der Waals surface area contributed by atoms with Gasteiger partial charge in [-0.05, 0) is 18.1 Å². The quantitative estimate of drug-likeness (QED) is 0.611. The highest BCUT2D eigenvalue weighted by atomic mass is 32.2. The summed E-state index contributed by atoms with van der Waals surface area (Å²) < 4.78 is 28.3. The van der Waals surface area contributed by atoms with E-state index in [-0.39, 0.29) is 19.6 Å². The first-order chi connectivity index (χ1) is 11.5. The molecule has 0 bridgehead atoms. The van der Waals surface area contributed by atoms with Crippen LogP contribution in [-0.4, -0.2) is 48.2 Å². The number of hydrogen-bond acceptors (Lipinski definition) is 5. The Morgan fingerprint density at radius 3 is 2.58 bits per heavy atom. The van der Waals surface area contributed by atoms with Crippen LogP contribution in [0, 0.1) is 0 Å². The van der Waals surface area contributed by atoms with Gasteiger partial charge in [0.25, 0.3) is 6.04 Å². The van der Waals surface area contributed by atoms with E-state index in [4.69, 9.17) is 4.74 Å². The Morgan fingerprint density at radius 1 is 1.25 bits per heavy atom. The second kappa shape index (κ2) is 8.25. The van der Waals surface area contributed by atoms with E-state index in [1.807, 2.05) is 6.07 Å². The molecule has 0 aliphatic carbocycles. The molecule has 0 aromatic heterocycles. The van der Waals surface area contributed by atoms with Crippen molar-refractivity contribution in [3.05, 3.63) is 48.0 Å². The molecule has 1 aromatic carbocycles. The first-order valence-electron chi connectivity index (χ1n) is 7.20. The first kappa shape index (κ1) is 17.7. The standard InChI is InChI=1S/C15H16N2O6S/c18-14(19)13-12(8-4-5-9-17(13)24(21)22)16-15(20)23-10-11-6-2-1-3-7-11/h1-7,12-13H,8-10H2,(H-,16,18,19,20)/p+1. The minimum atomic E-state index is -2.72. The predicted octanol–water partition coefficient (Wildman–Crippen LogP) is 0.770. The van der Waals surface area contributed by atoms with E-state index in [2.05, 4.69) is 5.32 Å². The fourth-order valence-corrected chi connectivity index (χ4v) is 3.00. The minimum Gasteiger partial charge on any atom is -0.476 e. The van der Waals surface area contributed by atoms with E-state index in [1.165, 1.54) is 0 Å². The summed E-state index contributed by atoms with van der Waals surface area (Å²) in [5, 5.41) is 11.8. The van der Waals surface area contributed by atoms with Gasteiger partial charge in [0.2, 0.25) is 0 Å². The van der Waals surface area contributed by atoms with Crippen molar-refractivity contribution in [2.24, 2.45) is 0 Å². The minimum absolute atomic E-state index is 0.0319. The van der Waals surface area contributed by atoms with Crippen molar-refractivity contribution < 1.29 is 31.8 Å². The molecule has 2 rings (SSSR count). The van der Waals surface area contributed by atoms with E-state index in [9.17, 15) is 23.1 Å². The molecule has 1 heterocycles. The van der Waals surface area contributed by atoms with Gasteiger partial charge < -0.3 is 15.2 Å². The van der Waals surface area contributed by atoms with Crippen molar-refractivity contribution in [3.8, 4) is 0 Å². The van der Waals surface area contributed by atoms with Gasteiger partial charge >= 0.3 is 22.6 Å². The molecule has 128 valence electrons. The molecule has 2 N–H and O–H groups in total. The molecule has 1 amide bonds. The maximum Gasteiger partial charge on any atom is 0.460 e. The number of hydrogen-bond donors (Lipinski definition) is 2. The second-order valence-electron chi connectivity index (χ2n) is 5.12. The molecule has 1 aliphatic heterocycles. The molecular weight excluding hydrogens is 336 g/mol. The predicted molar refractivity (Wildman–Crippen MR) is 82.8 cm³/mol. The molecule has 0 saturated carbocycles. The number of alkyl carbamates (subject to hydrolysis) is 1. The number of rotatable bonds is 4. The third kappa shape index (κ3) is 4.66. The Bertz CT molecular complexity index is 764. The average Bonchev–Trinajstić information content (AvgIpc) is 2.76. The fourth-order valence-electron chi connectivity index (χ4n) is 2.37. The van der Waals surface area contributed by atoms with Crippen LogP contribution in [0.15, 0.2) is 42.5 Å². The number of nitrogens with zero attached hydrogens (tertiary/aromatic N) is 1. The number of aliphatic carboxylic acids is 1. The summed E-state index contributed by atoms with van der Waals surface area (Å²) in [6.45, 7) is -0.0332. The molecule has 9 heteroatoms. The number of carboxylic acids is 1. The van der Waals surface area contributed by atoms with Crippen molar-refractivity contribution in [1.29, 1.82) is 0 Å². The molecule has 0 radical (unpaired) electrons. The number of benzene rings is 1. The second-order valence-corrected chi connectivity index (χ2v) is 6.02. The van der Waals surface area contributed by atoms with Crippen LogP contribution in [0.3, 0.4) is 0 Å². The lowest BCUT2D eigenvalue weighted by Crippen LogP contribution is -2.51. The average molecular weight is 353 g/mol. The van der Waals surface area contributed by atoms with Crippen molar-refractivity contribution in [1.82, 2.24) is 5.32 Å². The van der Waals surface area contributed by atoms with Gasteiger partial charge in [0, 0.05) is 0 Å². The van der Waals surface area contributed by atoms with Crippen molar-refractivity contribution in [3.63, 3.8) is 0 Å². The van der Waals surface area contributed by atoms with Crippen LogP contribution in [0.2, 0.25) is 0 Å². The molecule has 0 fully saturated rings. The van der Waals surface area contributed by atoms with Crippen LogP contribution < -0.4 is 5.32 Å². The smallest absolute Gasteiger partial charge is 0.460 e. The molecular formula is C15H17N2O6S+. The largest absolute Gasteiger partial charge is 0.476 e. The third-order valence-corrected chi connectivity index (χ3v) is 4.25. The van der Waals surface area contributed by atoms with Crippen LogP contribution in [0.1, 0.15) is 12.0 Å². The third-order valence-electron chi connectivity index (χ3n) is 3.49. The summed E-state index contributed by atoms with van der Waals surface area (Å²) in [6, 6.07) is 6.67. The molecule has 0 saturated heterocycles.